The van der Waals surface area contributed by atoms with Gasteiger partial charge in [0.2, 0.25) is 0 Å². The zero-order chi connectivity index (χ0) is 11.5. The van der Waals surface area contributed by atoms with Crippen molar-refractivity contribution in [2.24, 2.45) is 0 Å². The van der Waals surface area contributed by atoms with E-state index in [9.17, 15) is 13.2 Å². The topological polar surface area (TPSA) is 9.23 Å². The Morgan fingerprint density at radius 1 is 1.33 bits per heavy atom. The van der Waals surface area contributed by atoms with Gasteiger partial charge in [0, 0.05) is 0 Å². The highest BCUT2D eigenvalue weighted by Crippen LogP contribution is 2.30. The SMILES string of the molecule is [CH2]c1cccc(CCC)c1OC(F)(F)F. The Morgan fingerprint density at radius 2 is 2.00 bits per heavy atom. The van der Waals surface area contributed by atoms with Crippen molar-refractivity contribution >= 4 is 0 Å². The van der Waals surface area contributed by atoms with Gasteiger partial charge in [0.05, 0.1) is 0 Å². The molecule has 0 amide bonds. The number of ether oxygens (including phenoxy) is 1. The molecule has 0 aliphatic heterocycles. The van der Waals surface area contributed by atoms with E-state index in [1.165, 1.54) is 6.07 Å². The van der Waals surface area contributed by atoms with E-state index in [0.717, 1.165) is 6.42 Å². The van der Waals surface area contributed by atoms with Crippen LogP contribution in [0.2, 0.25) is 0 Å². The van der Waals surface area contributed by atoms with Crippen LogP contribution >= 0.6 is 0 Å². The number of aryl methyl sites for hydroxylation is 1. The van der Waals surface area contributed by atoms with Crippen LogP contribution in [0.3, 0.4) is 0 Å². The van der Waals surface area contributed by atoms with Crippen LogP contribution in [0.15, 0.2) is 18.2 Å². The number of para-hydroxylation sites is 1. The van der Waals surface area contributed by atoms with Gasteiger partial charge in [0.1, 0.15) is 5.75 Å². The number of alkyl halides is 3. The van der Waals surface area contributed by atoms with E-state index in [1.807, 2.05) is 6.92 Å². The first-order valence-corrected chi connectivity index (χ1v) is 4.63. The Labute approximate surface area is 86.9 Å². The first kappa shape index (κ1) is 11.9. The average molecular weight is 217 g/mol. The smallest absolute Gasteiger partial charge is 0.405 e. The minimum Gasteiger partial charge on any atom is -0.405 e. The van der Waals surface area contributed by atoms with E-state index in [2.05, 4.69) is 11.7 Å². The molecule has 0 spiro atoms. The predicted octanol–water partition coefficient (Wildman–Crippen LogP) is 3.72. The van der Waals surface area contributed by atoms with Crippen LogP contribution in [-0.4, -0.2) is 6.36 Å². The van der Waals surface area contributed by atoms with Crippen LogP contribution in [0.5, 0.6) is 5.75 Å². The number of halogens is 3. The van der Waals surface area contributed by atoms with Gasteiger partial charge in [0.15, 0.2) is 0 Å². The number of benzene rings is 1. The molecule has 0 aliphatic carbocycles. The summed E-state index contributed by atoms with van der Waals surface area (Å²) in [6.45, 7) is 5.42. The minimum absolute atomic E-state index is 0.160. The van der Waals surface area contributed by atoms with Crippen LogP contribution in [-0.2, 0) is 6.42 Å². The van der Waals surface area contributed by atoms with Gasteiger partial charge in [-0.3, -0.25) is 0 Å². The Balaban J connectivity index is 3.02. The highest BCUT2D eigenvalue weighted by molar-refractivity contribution is 5.43. The van der Waals surface area contributed by atoms with Gasteiger partial charge in [0.25, 0.3) is 0 Å². The molecule has 1 aromatic carbocycles. The standard InChI is InChI=1S/C11H12F3O/c1-3-5-9-7-4-6-8(2)10(9)15-11(12,13)14/h4,6-7H,2-3,5H2,1H3. The monoisotopic (exact) mass is 217 g/mol. The molecule has 0 saturated heterocycles. The summed E-state index contributed by atoms with van der Waals surface area (Å²) < 4.78 is 40.2. The molecule has 15 heavy (non-hydrogen) atoms. The first-order valence-electron chi connectivity index (χ1n) is 4.63. The average Bonchev–Trinajstić information content (AvgIpc) is 2.10. The van der Waals surface area contributed by atoms with Crippen LogP contribution in [0.25, 0.3) is 0 Å². The van der Waals surface area contributed by atoms with Gasteiger partial charge in [-0.05, 0) is 24.5 Å². The molecule has 0 heterocycles. The summed E-state index contributed by atoms with van der Waals surface area (Å²) >= 11 is 0. The third-order valence-electron chi connectivity index (χ3n) is 1.92. The molecule has 1 nitrogen and oxygen atoms in total. The molecule has 0 N–H and O–H groups in total. The van der Waals surface area contributed by atoms with Gasteiger partial charge >= 0.3 is 6.36 Å². The van der Waals surface area contributed by atoms with E-state index in [4.69, 9.17) is 0 Å². The summed E-state index contributed by atoms with van der Waals surface area (Å²) in [6.07, 6.45) is -3.34. The fraction of sp³-hybridized carbons (Fsp3) is 0.364. The molecule has 0 aromatic heterocycles. The molecule has 0 atom stereocenters. The maximum atomic E-state index is 12.1. The fourth-order valence-corrected chi connectivity index (χ4v) is 1.35. The summed E-state index contributed by atoms with van der Waals surface area (Å²) in [5, 5.41) is 0. The summed E-state index contributed by atoms with van der Waals surface area (Å²) in [5.41, 5.74) is 0.806. The number of hydrogen-bond acceptors (Lipinski definition) is 1. The molecule has 0 fully saturated rings. The maximum Gasteiger partial charge on any atom is 0.573 e. The summed E-state index contributed by atoms with van der Waals surface area (Å²) in [5.74, 6) is -0.160. The largest absolute Gasteiger partial charge is 0.573 e. The molecule has 1 rings (SSSR count). The second-order valence-corrected chi connectivity index (χ2v) is 3.20. The lowest BCUT2D eigenvalue weighted by atomic mass is 10.1. The Morgan fingerprint density at radius 3 is 2.53 bits per heavy atom. The van der Waals surface area contributed by atoms with Crippen molar-refractivity contribution < 1.29 is 17.9 Å². The molecule has 4 heteroatoms. The van der Waals surface area contributed by atoms with Crippen LogP contribution in [0.4, 0.5) is 13.2 Å². The van der Waals surface area contributed by atoms with Crippen LogP contribution in [0, 0.1) is 6.92 Å². The highest BCUT2D eigenvalue weighted by atomic mass is 19.4. The zero-order valence-corrected chi connectivity index (χ0v) is 8.40. The fourth-order valence-electron chi connectivity index (χ4n) is 1.35. The van der Waals surface area contributed by atoms with E-state index >= 15 is 0 Å². The van der Waals surface area contributed by atoms with Crippen molar-refractivity contribution in [3.63, 3.8) is 0 Å². The molecule has 0 bridgehead atoms. The predicted molar refractivity (Wildman–Crippen MR) is 51.6 cm³/mol. The van der Waals surface area contributed by atoms with Crippen molar-refractivity contribution in [1.82, 2.24) is 0 Å². The van der Waals surface area contributed by atoms with E-state index in [1.54, 1.807) is 12.1 Å². The second kappa shape index (κ2) is 4.55. The maximum absolute atomic E-state index is 12.1. The van der Waals surface area contributed by atoms with Gasteiger partial charge in [-0.25, -0.2) is 0 Å². The zero-order valence-electron chi connectivity index (χ0n) is 8.40. The van der Waals surface area contributed by atoms with Crippen molar-refractivity contribution in [3.8, 4) is 5.75 Å². The second-order valence-electron chi connectivity index (χ2n) is 3.20. The van der Waals surface area contributed by atoms with Crippen LogP contribution < -0.4 is 4.74 Å². The van der Waals surface area contributed by atoms with E-state index < -0.39 is 6.36 Å². The molecule has 1 radical (unpaired) electrons. The summed E-state index contributed by atoms with van der Waals surface area (Å²) in [7, 11) is 0. The summed E-state index contributed by atoms with van der Waals surface area (Å²) in [4.78, 5) is 0. The highest BCUT2D eigenvalue weighted by Gasteiger charge is 2.32. The lowest BCUT2D eigenvalue weighted by Gasteiger charge is -2.15. The number of rotatable bonds is 3. The third kappa shape index (κ3) is 3.46. The van der Waals surface area contributed by atoms with Crippen molar-refractivity contribution in [2.45, 2.75) is 26.1 Å². The molecule has 0 aliphatic rings. The molecule has 1 aromatic rings. The van der Waals surface area contributed by atoms with E-state index in [0.29, 0.717) is 12.0 Å². The van der Waals surface area contributed by atoms with Gasteiger partial charge in [-0.15, -0.1) is 13.2 Å². The quantitative estimate of drug-likeness (QED) is 0.749. The molecule has 0 unspecified atom stereocenters. The van der Waals surface area contributed by atoms with E-state index in [-0.39, 0.29) is 11.3 Å². The molecular weight excluding hydrogens is 205 g/mol. The first-order chi connectivity index (χ1) is 6.94. The molecule has 83 valence electrons. The Hall–Kier alpha value is -1.19. The minimum atomic E-state index is -4.66. The van der Waals surface area contributed by atoms with Crippen LogP contribution in [0.1, 0.15) is 24.5 Å². The lowest BCUT2D eigenvalue weighted by Crippen LogP contribution is -2.18. The Bertz CT molecular complexity index is 331. The Kier molecular flexibility index (Phi) is 3.61. The molecule has 0 saturated carbocycles. The lowest BCUT2D eigenvalue weighted by molar-refractivity contribution is -0.275. The molecular formula is C11H12F3O. The number of hydrogen-bond donors (Lipinski definition) is 0. The normalized spacial score (nSPS) is 11.5. The summed E-state index contributed by atoms with van der Waals surface area (Å²) in [6, 6.07) is 4.80. The van der Waals surface area contributed by atoms with Gasteiger partial charge in [-0.2, -0.15) is 0 Å². The van der Waals surface area contributed by atoms with Crippen molar-refractivity contribution in [1.29, 1.82) is 0 Å². The van der Waals surface area contributed by atoms with Crippen molar-refractivity contribution in [3.05, 3.63) is 36.2 Å². The van der Waals surface area contributed by atoms with Gasteiger partial charge in [-0.1, -0.05) is 31.5 Å². The third-order valence-corrected chi connectivity index (χ3v) is 1.92. The van der Waals surface area contributed by atoms with Gasteiger partial charge < -0.3 is 4.74 Å². The van der Waals surface area contributed by atoms with Crippen molar-refractivity contribution in [2.75, 3.05) is 0 Å².